The van der Waals surface area contributed by atoms with Gasteiger partial charge in [0, 0.05) is 12.8 Å². The summed E-state index contributed by atoms with van der Waals surface area (Å²) in [4.78, 5) is 16.3. The van der Waals surface area contributed by atoms with Crippen molar-refractivity contribution in [1.29, 1.82) is 0 Å². The Morgan fingerprint density at radius 3 is 3.05 bits per heavy atom. The highest BCUT2D eigenvalue weighted by Gasteiger charge is 2.34. The van der Waals surface area contributed by atoms with E-state index >= 15 is 0 Å². The number of aromatic hydroxyl groups is 1. The Hall–Kier alpha value is -1.62. The first kappa shape index (κ1) is 13.8. The number of nitrogens with zero attached hydrogens (tertiary/aromatic N) is 1. The maximum atomic E-state index is 12.3. The van der Waals surface area contributed by atoms with Gasteiger partial charge >= 0.3 is 0 Å². The van der Waals surface area contributed by atoms with Crippen LogP contribution in [0.5, 0.6) is 5.75 Å². The number of carbonyl (C=O) groups excluding carboxylic acids is 1. The van der Waals surface area contributed by atoms with Crippen molar-refractivity contribution in [1.82, 2.24) is 4.98 Å². The molecule has 19 heavy (non-hydrogen) atoms. The van der Waals surface area contributed by atoms with Gasteiger partial charge in [-0.15, -0.1) is 0 Å². The molecule has 104 valence electrons. The largest absolute Gasteiger partial charge is 0.504 e. The summed E-state index contributed by atoms with van der Waals surface area (Å²) >= 11 is 0. The number of hydrogen-bond acceptors (Lipinski definition) is 4. The lowest BCUT2D eigenvalue weighted by molar-refractivity contribution is -0.131. The van der Waals surface area contributed by atoms with Gasteiger partial charge in [-0.3, -0.25) is 4.79 Å². The minimum atomic E-state index is -0.185. The van der Waals surface area contributed by atoms with Crippen molar-refractivity contribution in [3.63, 3.8) is 0 Å². The van der Waals surface area contributed by atoms with Crippen LogP contribution < -0.4 is 5.32 Å². The van der Waals surface area contributed by atoms with Crippen molar-refractivity contribution in [3.8, 4) is 5.75 Å². The fourth-order valence-electron chi connectivity index (χ4n) is 2.44. The zero-order valence-corrected chi connectivity index (χ0v) is 11.3. The van der Waals surface area contributed by atoms with Crippen molar-refractivity contribution in [2.75, 3.05) is 11.9 Å². The number of amides is 1. The molecule has 0 aliphatic carbocycles. The second-order valence-electron chi connectivity index (χ2n) is 5.19. The Morgan fingerprint density at radius 2 is 2.37 bits per heavy atom. The summed E-state index contributed by atoms with van der Waals surface area (Å²) in [6.07, 6.45) is 3.16. The number of aromatic nitrogens is 1. The second kappa shape index (κ2) is 6.02. The summed E-state index contributed by atoms with van der Waals surface area (Å²) in [5, 5.41) is 12.3. The highest BCUT2D eigenvalue weighted by atomic mass is 16.5. The van der Waals surface area contributed by atoms with Crippen molar-refractivity contribution >= 4 is 11.7 Å². The van der Waals surface area contributed by atoms with E-state index in [1.807, 2.05) is 0 Å². The zero-order valence-electron chi connectivity index (χ0n) is 11.3. The molecule has 0 radical (unpaired) electrons. The van der Waals surface area contributed by atoms with Crippen molar-refractivity contribution in [2.24, 2.45) is 11.8 Å². The lowest BCUT2D eigenvalue weighted by atomic mass is 9.87. The number of nitrogens with one attached hydrogen (secondary N) is 1. The normalized spacial score (nSPS) is 23.3. The summed E-state index contributed by atoms with van der Waals surface area (Å²) in [5.74, 6) is 0.158. The molecule has 0 spiro atoms. The summed E-state index contributed by atoms with van der Waals surface area (Å²) in [6, 6.07) is 3.12. The third-order valence-electron chi connectivity index (χ3n) is 3.39. The van der Waals surface area contributed by atoms with Gasteiger partial charge in [0.15, 0.2) is 11.6 Å². The maximum Gasteiger partial charge on any atom is 0.231 e. The van der Waals surface area contributed by atoms with Crippen LogP contribution in [-0.4, -0.2) is 28.7 Å². The molecule has 2 atom stereocenters. The Labute approximate surface area is 113 Å². The molecule has 1 aliphatic heterocycles. The van der Waals surface area contributed by atoms with E-state index in [0.717, 1.165) is 12.8 Å². The number of anilines is 1. The van der Waals surface area contributed by atoms with Gasteiger partial charge in [-0.1, -0.05) is 13.8 Å². The third-order valence-corrected chi connectivity index (χ3v) is 3.39. The standard InChI is InChI=1S/C14H20N2O3/c1-9(2)12-10(5-4-8-19-12)14(18)16-13-11(17)6-3-7-15-13/h3,6-7,9-10,12,17H,4-5,8H2,1-2H3,(H,15,16,18)/t10-,12+/m0/s1. The Balaban J connectivity index is 2.08. The summed E-state index contributed by atoms with van der Waals surface area (Å²) in [6.45, 7) is 4.81. The molecule has 1 saturated heterocycles. The number of ether oxygens (including phenoxy) is 1. The van der Waals surface area contributed by atoms with Crippen LogP contribution in [0.3, 0.4) is 0 Å². The summed E-state index contributed by atoms with van der Waals surface area (Å²) < 4.78 is 5.70. The lowest BCUT2D eigenvalue weighted by Crippen LogP contribution is -2.41. The van der Waals surface area contributed by atoms with E-state index in [4.69, 9.17) is 4.74 Å². The Bertz CT molecular complexity index is 448. The van der Waals surface area contributed by atoms with Crippen LogP contribution in [0.4, 0.5) is 5.82 Å². The van der Waals surface area contributed by atoms with Gasteiger partial charge in [0.2, 0.25) is 5.91 Å². The van der Waals surface area contributed by atoms with Gasteiger partial charge in [0.1, 0.15) is 0 Å². The molecule has 0 unspecified atom stereocenters. The molecule has 1 aromatic heterocycles. The van der Waals surface area contributed by atoms with Gasteiger partial charge in [-0.25, -0.2) is 4.98 Å². The zero-order chi connectivity index (χ0) is 13.8. The van der Waals surface area contributed by atoms with Gasteiger partial charge < -0.3 is 15.2 Å². The van der Waals surface area contributed by atoms with Crippen LogP contribution in [0.25, 0.3) is 0 Å². The van der Waals surface area contributed by atoms with Gasteiger partial charge in [0.05, 0.1) is 12.0 Å². The smallest absolute Gasteiger partial charge is 0.231 e. The monoisotopic (exact) mass is 264 g/mol. The average molecular weight is 264 g/mol. The minimum Gasteiger partial charge on any atom is -0.504 e. The van der Waals surface area contributed by atoms with Crippen molar-refractivity contribution in [2.45, 2.75) is 32.8 Å². The molecule has 2 heterocycles. The van der Waals surface area contributed by atoms with E-state index < -0.39 is 0 Å². The van der Waals surface area contributed by atoms with Crippen LogP contribution in [0.2, 0.25) is 0 Å². The average Bonchev–Trinajstić information content (AvgIpc) is 2.41. The predicted octanol–water partition coefficient (Wildman–Crippen LogP) is 2.18. The van der Waals surface area contributed by atoms with Crippen LogP contribution in [0, 0.1) is 11.8 Å². The van der Waals surface area contributed by atoms with Crippen molar-refractivity contribution in [3.05, 3.63) is 18.3 Å². The SMILES string of the molecule is CC(C)[C@H]1OCCC[C@@H]1C(=O)Nc1ncccc1O. The Morgan fingerprint density at radius 1 is 1.58 bits per heavy atom. The molecule has 0 bridgehead atoms. The summed E-state index contributed by atoms with van der Waals surface area (Å²) in [7, 11) is 0. The molecule has 1 aliphatic rings. The number of hydrogen-bond donors (Lipinski definition) is 2. The number of rotatable bonds is 3. The van der Waals surface area contributed by atoms with Crippen LogP contribution >= 0.6 is 0 Å². The summed E-state index contributed by atoms with van der Waals surface area (Å²) in [5.41, 5.74) is 0. The van der Waals surface area contributed by atoms with Crippen LogP contribution in [-0.2, 0) is 9.53 Å². The number of carbonyl (C=O) groups is 1. The molecule has 5 nitrogen and oxygen atoms in total. The predicted molar refractivity (Wildman–Crippen MR) is 71.8 cm³/mol. The maximum absolute atomic E-state index is 12.3. The molecule has 1 aromatic rings. The molecule has 1 amide bonds. The first-order valence-electron chi connectivity index (χ1n) is 6.66. The molecular formula is C14H20N2O3. The fraction of sp³-hybridized carbons (Fsp3) is 0.571. The molecule has 2 N–H and O–H groups in total. The first-order chi connectivity index (χ1) is 9.09. The van der Waals surface area contributed by atoms with Crippen molar-refractivity contribution < 1.29 is 14.6 Å². The van der Waals surface area contributed by atoms with Gasteiger partial charge in [-0.05, 0) is 30.9 Å². The molecule has 5 heteroatoms. The third kappa shape index (κ3) is 3.23. The second-order valence-corrected chi connectivity index (χ2v) is 5.19. The van der Waals surface area contributed by atoms with E-state index in [1.165, 1.54) is 12.3 Å². The fourth-order valence-corrected chi connectivity index (χ4v) is 2.44. The Kier molecular flexibility index (Phi) is 4.37. The van der Waals surface area contributed by atoms with E-state index in [2.05, 4.69) is 24.1 Å². The molecular weight excluding hydrogens is 244 g/mol. The number of pyridine rings is 1. The van der Waals surface area contributed by atoms with Crippen LogP contribution in [0.1, 0.15) is 26.7 Å². The first-order valence-corrected chi connectivity index (χ1v) is 6.66. The molecule has 0 aromatic carbocycles. The minimum absolute atomic E-state index is 0.0197. The van der Waals surface area contributed by atoms with Gasteiger partial charge in [-0.2, -0.15) is 0 Å². The van der Waals surface area contributed by atoms with Gasteiger partial charge in [0.25, 0.3) is 0 Å². The molecule has 2 rings (SSSR count). The van der Waals surface area contributed by atoms with Crippen LogP contribution in [0.15, 0.2) is 18.3 Å². The highest BCUT2D eigenvalue weighted by Crippen LogP contribution is 2.28. The molecule has 0 saturated carbocycles. The quantitative estimate of drug-likeness (QED) is 0.877. The molecule has 1 fully saturated rings. The van der Waals surface area contributed by atoms with E-state index in [-0.39, 0.29) is 35.4 Å². The lowest BCUT2D eigenvalue weighted by Gasteiger charge is -2.33. The van der Waals surface area contributed by atoms with E-state index in [9.17, 15) is 9.90 Å². The highest BCUT2D eigenvalue weighted by molar-refractivity contribution is 5.93. The van der Waals surface area contributed by atoms with E-state index in [1.54, 1.807) is 6.07 Å². The van der Waals surface area contributed by atoms with E-state index in [0.29, 0.717) is 6.61 Å². The topological polar surface area (TPSA) is 71.5 Å².